The first kappa shape index (κ1) is 17.3. The van der Waals surface area contributed by atoms with E-state index in [-0.39, 0.29) is 11.8 Å². The van der Waals surface area contributed by atoms with Crippen LogP contribution in [-0.2, 0) is 4.79 Å². The summed E-state index contributed by atoms with van der Waals surface area (Å²) < 4.78 is 11.1. The SMILES string of the molecule is COc1ccccc1C(C)CNC(=O)C1NCCOc2ccccc21. The first-order valence-electron chi connectivity index (χ1n) is 8.56. The van der Waals surface area contributed by atoms with Crippen molar-refractivity contribution < 1.29 is 14.3 Å². The largest absolute Gasteiger partial charge is 0.496 e. The summed E-state index contributed by atoms with van der Waals surface area (Å²) in [5.74, 6) is 1.72. The van der Waals surface area contributed by atoms with Crippen molar-refractivity contribution in [2.45, 2.75) is 18.9 Å². The second-order valence-electron chi connectivity index (χ2n) is 6.16. The molecule has 25 heavy (non-hydrogen) atoms. The fourth-order valence-corrected chi connectivity index (χ4v) is 3.10. The van der Waals surface area contributed by atoms with E-state index in [9.17, 15) is 4.79 Å². The summed E-state index contributed by atoms with van der Waals surface area (Å²) in [5, 5.41) is 6.32. The van der Waals surface area contributed by atoms with E-state index in [1.165, 1.54) is 0 Å². The number of ether oxygens (including phenoxy) is 2. The van der Waals surface area contributed by atoms with Gasteiger partial charge in [-0.1, -0.05) is 43.3 Å². The van der Waals surface area contributed by atoms with Crippen molar-refractivity contribution in [2.24, 2.45) is 0 Å². The molecule has 3 rings (SSSR count). The van der Waals surface area contributed by atoms with E-state index < -0.39 is 6.04 Å². The molecule has 2 atom stereocenters. The summed E-state index contributed by atoms with van der Waals surface area (Å²) in [6, 6.07) is 15.2. The van der Waals surface area contributed by atoms with Gasteiger partial charge in [-0.05, 0) is 17.7 Å². The first-order valence-corrected chi connectivity index (χ1v) is 8.56. The molecule has 1 aliphatic rings. The maximum Gasteiger partial charge on any atom is 0.241 e. The molecule has 0 fully saturated rings. The number of fused-ring (bicyclic) bond motifs is 1. The number of nitrogens with one attached hydrogen (secondary N) is 2. The van der Waals surface area contributed by atoms with Crippen LogP contribution in [0.3, 0.4) is 0 Å². The van der Waals surface area contributed by atoms with Gasteiger partial charge in [0.05, 0.1) is 7.11 Å². The minimum atomic E-state index is -0.399. The van der Waals surface area contributed by atoms with Crippen molar-refractivity contribution in [2.75, 3.05) is 26.8 Å². The van der Waals surface area contributed by atoms with Crippen molar-refractivity contribution in [3.8, 4) is 11.5 Å². The Bertz CT molecular complexity index is 732. The lowest BCUT2D eigenvalue weighted by atomic mass is 9.99. The molecular weight excluding hydrogens is 316 g/mol. The zero-order chi connectivity index (χ0) is 17.6. The Morgan fingerprint density at radius 2 is 2.04 bits per heavy atom. The number of carbonyl (C=O) groups is 1. The minimum absolute atomic E-state index is 0.0419. The maximum atomic E-state index is 12.7. The van der Waals surface area contributed by atoms with Gasteiger partial charge in [0.25, 0.3) is 0 Å². The number of hydrogen-bond acceptors (Lipinski definition) is 4. The quantitative estimate of drug-likeness (QED) is 0.878. The first-order chi connectivity index (χ1) is 12.2. The van der Waals surface area contributed by atoms with Crippen molar-refractivity contribution in [1.29, 1.82) is 0 Å². The van der Waals surface area contributed by atoms with Gasteiger partial charge in [-0.3, -0.25) is 10.1 Å². The van der Waals surface area contributed by atoms with E-state index in [4.69, 9.17) is 9.47 Å². The predicted molar refractivity (Wildman–Crippen MR) is 97.1 cm³/mol. The number of rotatable bonds is 5. The molecule has 5 heteroatoms. The monoisotopic (exact) mass is 340 g/mol. The van der Waals surface area contributed by atoms with Crippen molar-refractivity contribution in [1.82, 2.24) is 10.6 Å². The Kier molecular flexibility index (Phi) is 5.56. The average molecular weight is 340 g/mol. The van der Waals surface area contributed by atoms with E-state index >= 15 is 0 Å². The molecule has 1 aliphatic heterocycles. The molecule has 0 saturated heterocycles. The van der Waals surface area contributed by atoms with Crippen LogP contribution < -0.4 is 20.1 Å². The number of carbonyl (C=O) groups excluding carboxylic acids is 1. The summed E-state index contributed by atoms with van der Waals surface area (Å²) in [7, 11) is 1.66. The maximum absolute atomic E-state index is 12.7. The van der Waals surface area contributed by atoms with Crippen LogP contribution in [0.1, 0.15) is 30.0 Å². The van der Waals surface area contributed by atoms with Gasteiger partial charge >= 0.3 is 0 Å². The number of benzene rings is 2. The van der Waals surface area contributed by atoms with Crippen molar-refractivity contribution >= 4 is 5.91 Å². The van der Waals surface area contributed by atoms with Crippen molar-refractivity contribution in [3.63, 3.8) is 0 Å². The second-order valence-corrected chi connectivity index (χ2v) is 6.16. The van der Waals surface area contributed by atoms with Gasteiger partial charge in [-0.15, -0.1) is 0 Å². The summed E-state index contributed by atoms with van der Waals surface area (Å²) in [5.41, 5.74) is 1.96. The van der Waals surface area contributed by atoms with E-state index in [0.717, 1.165) is 22.6 Å². The third kappa shape index (κ3) is 3.94. The highest BCUT2D eigenvalue weighted by Gasteiger charge is 2.25. The Labute approximate surface area is 148 Å². The van der Waals surface area contributed by atoms with Crippen LogP contribution in [-0.4, -0.2) is 32.7 Å². The Balaban J connectivity index is 1.68. The van der Waals surface area contributed by atoms with E-state index in [0.29, 0.717) is 19.7 Å². The lowest BCUT2D eigenvalue weighted by Crippen LogP contribution is -2.39. The molecule has 0 spiro atoms. The normalized spacial score (nSPS) is 17.6. The molecule has 2 aromatic rings. The van der Waals surface area contributed by atoms with Crippen molar-refractivity contribution in [3.05, 3.63) is 59.7 Å². The van der Waals surface area contributed by atoms with E-state index in [2.05, 4.69) is 17.6 Å². The van der Waals surface area contributed by atoms with E-state index in [1.54, 1.807) is 7.11 Å². The topological polar surface area (TPSA) is 59.6 Å². The number of amides is 1. The van der Waals surface area contributed by atoms with Crippen LogP contribution in [0.5, 0.6) is 11.5 Å². The molecule has 0 bridgehead atoms. The van der Waals surface area contributed by atoms with Gasteiger partial charge in [-0.2, -0.15) is 0 Å². The lowest BCUT2D eigenvalue weighted by Gasteiger charge is -2.20. The summed E-state index contributed by atoms with van der Waals surface area (Å²) >= 11 is 0. The van der Waals surface area contributed by atoms with Crippen LogP contribution in [0.15, 0.2) is 48.5 Å². The van der Waals surface area contributed by atoms with Crippen LogP contribution >= 0.6 is 0 Å². The van der Waals surface area contributed by atoms with Gasteiger partial charge in [0.2, 0.25) is 5.91 Å². The molecule has 0 radical (unpaired) electrons. The summed E-state index contributed by atoms with van der Waals surface area (Å²) in [4.78, 5) is 12.7. The second kappa shape index (κ2) is 8.03. The number of para-hydroxylation sites is 2. The molecule has 2 aromatic carbocycles. The third-order valence-electron chi connectivity index (χ3n) is 4.45. The van der Waals surface area contributed by atoms with Gasteiger partial charge in [-0.25, -0.2) is 0 Å². The van der Waals surface area contributed by atoms with Crippen LogP contribution in [0.2, 0.25) is 0 Å². The molecule has 1 heterocycles. The van der Waals surface area contributed by atoms with Gasteiger partial charge < -0.3 is 14.8 Å². The van der Waals surface area contributed by atoms with Crippen LogP contribution in [0.4, 0.5) is 0 Å². The highest BCUT2D eigenvalue weighted by Crippen LogP contribution is 2.28. The van der Waals surface area contributed by atoms with Crippen LogP contribution in [0.25, 0.3) is 0 Å². The molecule has 132 valence electrons. The van der Waals surface area contributed by atoms with Gasteiger partial charge in [0.1, 0.15) is 24.1 Å². The standard InChI is InChI=1S/C20H24N2O3/c1-14(15-7-3-5-9-17(15)24-2)13-22-20(23)19-16-8-4-6-10-18(16)25-12-11-21-19/h3-10,14,19,21H,11-13H2,1-2H3,(H,22,23). The molecule has 5 nitrogen and oxygen atoms in total. The number of hydrogen-bond donors (Lipinski definition) is 2. The molecular formula is C20H24N2O3. The van der Waals surface area contributed by atoms with Gasteiger partial charge in [0.15, 0.2) is 0 Å². The smallest absolute Gasteiger partial charge is 0.241 e. The third-order valence-corrected chi connectivity index (χ3v) is 4.45. The Morgan fingerprint density at radius 3 is 2.88 bits per heavy atom. The predicted octanol–water partition coefficient (Wildman–Crippen LogP) is 2.64. The average Bonchev–Trinajstić information content (AvgIpc) is 2.88. The highest BCUT2D eigenvalue weighted by molar-refractivity contribution is 5.84. The molecule has 0 aromatic heterocycles. The zero-order valence-corrected chi connectivity index (χ0v) is 14.6. The fraction of sp³-hybridized carbons (Fsp3) is 0.350. The Hall–Kier alpha value is -2.53. The molecule has 0 aliphatic carbocycles. The lowest BCUT2D eigenvalue weighted by molar-refractivity contribution is -0.123. The number of methoxy groups -OCH3 is 1. The summed E-state index contributed by atoms with van der Waals surface area (Å²) in [6.45, 7) is 3.81. The van der Waals surface area contributed by atoms with Crippen LogP contribution in [0, 0.1) is 0 Å². The molecule has 2 unspecified atom stereocenters. The minimum Gasteiger partial charge on any atom is -0.496 e. The van der Waals surface area contributed by atoms with Gasteiger partial charge in [0, 0.05) is 24.6 Å². The zero-order valence-electron chi connectivity index (χ0n) is 14.6. The van der Waals surface area contributed by atoms with E-state index in [1.807, 2.05) is 48.5 Å². The molecule has 2 N–H and O–H groups in total. The molecule has 1 amide bonds. The fourth-order valence-electron chi connectivity index (χ4n) is 3.10. The highest BCUT2D eigenvalue weighted by atomic mass is 16.5. The summed E-state index contributed by atoms with van der Waals surface area (Å²) in [6.07, 6.45) is 0. The Morgan fingerprint density at radius 1 is 1.28 bits per heavy atom. The molecule has 0 saturated carbocycles.